The Morgan fingerprint density at radius 3 is 2.84 bits per heavy atom. The van der Waals surface area contributed by atoms with Gasteiger partial charge in [-0.15, -0.1) is 0 Å². The lowest BCUT2D eigenvalue weighted by Gasteiger charge is -2.35. The first-order valence-electron chi connectivity index (χ1n) is 8.87. The van der Waals surface area contributed by atoms with Gasteiger partial charge in [0.2, 0.25) is 5.91 Å². The molecule has 1 aromatic carbocycles. The number of hydrogen-bond acceptors (Lipinski definition) is 3. The summed E-state index contributed by atoms with van der Waals surface area (Å²) in [5, 5.41) is 3.77. The number of likely N-dealkylation sites (tertiary alicyclic amines) is 1. The Hall–Kier alpha value is -1.91. The fraction of sp³-hybridized carbons (Fsp3) is 0.400. The van der Waals surface area contributed by atoms with Crippen molar-refractivity contribution in [2.45, 2.75) is 31.7 Å². The summed E-state index contributed by atoms with van der Waals surface area (Å²) < 4.78 is 0. The molecule has 0 radical (unpaired) electrons. The van der Waals surface area contributed by atoms with Crippen LogP contribution in [0.2, 0.25) is 5.02 Å². The minimum Gasteiger partial charge on any atom is -0.355 e. The summed E-state index contributed by atoms with van der Waals surface area (Å²) in [6.07, 6.45) is 7.96. The zero-order valence-electron chi connectivity index (χ0n) is 14.3. The van der Waals surface area contributed by atoms with E-state index in [9.17, 15) is 4.79 Å². The van der Waals surface area contributed by atoms with Gasteiger partial charge in [0.25, 0.3) is 0 Å². The van der Waals surface area contributed by atoms with Crippen molar-refractivity contribution in [1.29, 1.82) is 0 Å². The Morgan fingerprint density at radius 2 is 2.08 bits per heavy atom. The number of nitrogens with zero attached hydrogens (tertiary/aromatic N) is 2. The van der Waals surface area contributed by atoms with Crippen LogP contribution in [-0.2, 0) is 11.2 Å². The van der Waals surface area contributed by atoms with Crippen molar-refractivity contribution in [3.63, 3.8) is 0 Å². The highest BCUT2D eigenvalue weighted by Crippen LogP contribution is 2.29. The molecule has 5 heteroatoms. The third kappa shape index (κ3) is 5.28. The van der Waals surface area contributed by atoms with Gasteiger partial charge in [0.1, 0.15) is 0 Å². The fourth-order valence-electron chi connectivity index (χ4n) is 3.37. The summed E-state index contributed by atoms with van der Waals surface area (Å²) in [6.45, 7) is 2.05. The number of halogens is 1. The van der Waals surface area contributed by atoms with Crippen molar-refractivity contribution in [2.75, 3.05) is 19.6 Å². The maximum absolute atomic E-state index is 12.3. The van der Waals surface area contributed by atoms with Gasteiger partial charge in [-0.05, 0) is 55.1 Å². The van der Waals surface area contributed by atoms with Gasteiger partial charge in [0.05, 0.1) is 6.54 Å². The number of nitrogens with one attached hydrogen (secondary N) is 1. The minimum absolute atomic E-state index is 0.0877. The van der Waals surface area contributed by atoms with E-state index in [0.29, 0.717) is 19.1 Å². The van der Waals surface area contributed by atoms with Gasteiger partial charge in [0, 0.05) is 30.0 Å². The monoisotopic (exact) mass is 357 g/mol. The van der Waals surface area contributed by atoms with Crippen molar-refractivity contribution in [1.82, 2.24) is 15.2 Å². The van der Waals surface area contributed by atoms with Crippen LogP contribution in [-0.4, -0.2) is 35.4 Å². The molecular formula is C20H24ClN3O. The van der Waals surface area contributed by atoms with E-state index in [1.807, 2.05) is 36.5 Å². The molecular weight excluding hydrogens is 334 g/mol. The molecule has 0 unspecified atom stereocenters. The predicted molar refractivity (Wildman–Crippen MR) is 101 cm³/mol. The van der Waals surface area contributed by atoms with E-state index in [0.717, 1.165) is 30.8 Å². The zero-order chi connectivity index (χ0) is 17.5. The minimum atomic E-state index is 0.0877. The quantitative estimate of drug-likeness (QED) is 0.858. The van der Waals surface area contributed by atoms with Crippen molar-refractivity contribution < 1.29 is 4.79 Å². The van der Waals surface area contributed by atoms with Gasteiger partial charge >= 0.3 is 0 Å². The van der Waals surface area contributed by atoms with Crippen LogP contribution in [0.5, 0.6) is 0 Å². The smallest absolute Gasteiger partial charge is 0.234 e. The molecule has 25 heavy (non-hydrogen) atoms. The van der Waals surface area contributed by atoms with E-state index in [2.05, 4.69) is 21.3 Å². The molecule has 0 bridgehead atoms. The van der Waals surface area contributed by atoms with Crippen LogP contribution in [0.15, 0.2) is 48.8 Å². The van der Waals surface area contributed by atoms with Crippen LogP contribution in [0, 0.1) is 0 Å². The van der Waals surface area contributed by atoms with Gasteiger partial charge in [-0.25, -0.2) is 0 Å². The SMILES string of the molecule is O=C(CN1CCCC[C@H]1c1cccnc1)NCCc1ccc(Cl)cc1. The lowest BCUT2D eigenvalue weighted by molar-refractivity contribution is -0.123. The number of benzene rings is 1. The first-order chi connectivity index (χ1) is 12.2. The average Bonchev–Trinajstić information content (AvgIpc) is 2.64. The van der Waals surface area contributed by atoms with E-state index >= 15 is 0 Å². The van der Waals surface area contributed by atoms with E-state index in [-0.39, 0.29) is 5.91 Å². The molecule has 1 fully saturated rings. The molecule has 0 spiro atoms. The predicted octanol–water partition coefficient (Wildman–Crippen LogP) is 3.62. The number of carbonyl (C=O) groups is 1. The highest BCUT2D eigenvalue weighted by atomic mass is 35.5. The first kappa shape index (κ1) is 17.9. The van der Waals surface area contributed by atoms with Gasteiger partial charge in [-0.1, -0.05) is 36.2 Å². The third-order valence-electron chi connectivity index (χ3n) is 4.68. The second kappa shape index (κ2) is 8.97. The molecule has 0 aliphatic carbocycles. The molecule has 1 amide bonds. The van der Waals surface area contributed by atoms with Crippen LogP contribution < -0.4 is 5.32 Å². The Bertz CT molecular complexity index is 675. The number of pyridine rings is 1. The third-order valence-corrected chi connectivity index (χ3v) is 4.93. The van der Waals surface area contributed by atoms with Crippen molar-refractivity contribution in [3.8, 4) is 0 Å². The summed E-state index contributed by atoms with van der Waals surface area (Å²) in [5.41, 5.74) is 2.38. The summed E-state index contributed by atoms with van der Waals surface area (Å²) in [4.78, 5) is 18.8. The molecule has 3 rings (SSSR count). The van der Waals surface area contributed by atoms with Gasteiger partial charge in [0.15, 0.2) is 0 Å². The Morgan fingerprint density at radius 1 is 1.24 bits per heavy atom. The van der Waals surface area contributed by atoms with Crippen LogP contribution in [0.4, 0.5) is 0 Å². The molecule has 2 heterocycles. The van der Waals surface area contributed by atoms with Crippen LogP contribution in [0.3, 0.4) is 0 Å². The van der Waals surface area contributed by atoms with Crippen molar-refractivity contribution >= 4 is 17.5 Å². The largest absolute Gasteiger partial charge is 0.355 e. The molecule has 2 aromatic rings. The first-order valence-corrected chi connectivity index (χ1v) is 9.25. The summed E-state index contributed by atoms with van der Waals surface area (Å²) in [5.74, 6) is 0.0877. The van der Waals surface area contributed by atoms with Crippen LogP contribution >= 0.6 is 11.6 Å². The maximum atomic E-state index is 12.3. The molecule has 1 N–H and O–H groups in total. The highest BCUT2D eigenvalue weighted by Gasteiger charge is 2.25. The molecule has 1 aliphatic heterocycles. The summed E-state index contributed by atoms with van der Waals surface area (Å²) in [7, 11) is 0. The molecule has 1 aromatic heterocycles. The number of carbonyl (C=O) groups excluding carboxylic acids is 1. The van der Waals surface area contributed by atoms with Gasteiger partial charge in [-0.2, -0.15) is 0 Å². The zero-order valence-corrected chi connectivity index (χ0v) is 15.1. The number of piperidine rings is 1. The summed E-state index contributed by atoms with van der Waals surface area (Å²) >= 11 is 5.89. The van der Waals surface area contributed by atoms with Crippen molar-refractivity contribution in [3.05, 3.63) is 64.9 Å². The van der Waals surface area contributed by atoms with Crippen LogP contribution in [0.25, 0.3) is 0 Å². The van der Waals surface area contributed by atoms with E-state index < -0.39 is 0 Å². The van der Waals surface area contributed by atoms with Gasteiger partial charge < -0.3 is 5.32 Å². The van der Waals surface area contributed by atoms with E-state index in [1.54, 1.807) is 6.20 Å². The second-order valence-corrected chi connectivity index (χ2v) is 6.93. The normalized spacial score (nSPS) is 18.0. The Labute approximate surface area is 154 Å². The molecule has 1 atom stereocenters. The summed E-state index contributed by atoms with van der Waals surface area (Å²) in [6, 6.07) is 12.1. The standard InChI is InChI=1S/C20H24ClN3O/c21-18-8-6-16(7-9-18)10-12-23-20(25)15-24-13-2-1-5-19(24)17-4-3-11-22-14-17/h3-4,6-9,11,14,19H,1-2,5,10,12-13,15H2,(H,23,25)/t19-/m0/s1. The highest BCUT2D eigenvalue weighted by molar-refractivity contribution is 6.30. The number of hydrogen-bond donors (Lipinski definition) is 1. The topological polar surface area (TPSA) is 45.2 Å². The number of aromatic nitrogens is 1. The Balaban J connectivity index is 1.49. The lowest BCUT2D eigenvalue weighted by Crippen LogP contribution is -2.42. The lowest BCUT2D eigenvalue weighted by atomic mass is 9.96. The van der Waals surface area contributed by atoms with Gasteiger partial charge in [-0.3, -0.25) is 14.7 Å². The maximum Gasteiger partial charge on any atom is 0.234 e. The molecule has 1 saturated heterocycles. The Kier molecular flexibility index (Phi) is 6.42. The molecule has 0 saturated carbocycles. The fourth-order valence-corrected chi connectivity index (χ4v) is 3.49. The van der Waals surface area contributed by atoms with E-state index in [1.165, 1.54) is 17.5 Å². The van der Waals surface area contributed by atoms with Crippen LogP contribution in [0.1, 0.15) is 36.4 Å². The van der Waals surface area contributed by atoms with Crippen molar-refractivity contribution in [2.24, 2.45) is 0 Å². The average molecular weight is 358 g/mol. The second-order valence-electron chi connectivity index (χ2n) is 6.49. The molecule has 4 nitrogen and oxygen atoms in total. The number of amides is 1. The number of rotatable bonds is 6. The van der Waals surface area contributed by atoms with E-state index in [4.69, 9.17) is 11.6 Å². The molecule has 132 valence electrons. The molecule has 1 aliphatic rings.